The number of hydrogen-bond acceptors (Lipinski definition) is 4. The van der Waals surface area contributed by atoms with Crippen LogP contribution in [0.5, 0.6) is 11.5 Å². The summed E-state index contributed by atoms with van der Waals surface area (Å²) in [4.78, 5) is 12.2. The third-order valence-electron chi connectivity index (χ3n) is 3.26. The molecule has 0 saturated heterocycles. The van der Waals surface area contributed by atoms with E-state index in [0.29, 0.717) is 17.0 Å². The zero-order valence-electron chi connectivity index (χ0n) is 12.5. The molecule has 0 saturated carbocycles. The van der Waals surface area contributed by atoms with Crippen molar-refractivity contribution in [3.05, 3.63) is 53.1 Å². The van der Waals surface area contributed by atoms with Crippen LogP contribution in [-0.4, -0.2) is 19.5 Å². The first-order valence-electron chi connectivity index (χ1n) is 6.68. The van der Waals surface area contributed by atoms with Gasteiger partial charge in [0.25, 0.3) is 0 Å². The van der Waals surface area contributed by atoms with Crippen LogP contribution in [0.25, 0.3) is 0 Å². The highest BCUT2D eigenvalue weighted by atomic mass is 16.5. The lowest BCUT2D eigenvalue weighted by atomic mass is 10.0. The maximum atomic E-state index is 12.2. The molecule has 110 valence electrons. The number of ketones is 1. The Hall–Kier alpha value is -2.49. The molecule has 0 aliphatic carbocycles. The van der Waals surface area contributed by atoms with Crippen LogP contribution in [-0.2, 0) is 0 Å². The fraction of sp³-hybridized carbons (Fsp3) is 0.235. The van der Waals surface area contributed by atoms with Gasteiger partial charge in [-0.05, 0) is 55.3 Å². The molecular weight excluding hydrogens is 266 g/mol. The van der Waals surface area contributed by atoms with Crippen LogP contribution >= 0.6 is 0 Å². The van der Waals surface area contributed by atoms with Gasteiger partial charge in [0.05, 0.1) is 12.8 Å². The second-order valence-electron chi connectivity index (χ2n) is 4.93. The normalized spacial score (nSPS) is 10.2. The molecule has 0 spiro atoms. The molecule has 0 aromatic heterocycles. The predicted molar refractivity (Wildman–Crippen MR) is 83.1 cm³/mol. The number of benzene rings is 2. The van der Waals surface area contributed by atoms with Gasteiger partial charge in [-0.3, -0.25) is 4.79 Å². The molecule has 0 atom stereocenters. The van der Waals surface area contributed by atoms with Gasteiger partial charge in [0.15, 0.2) is 12.4 Å². The molecule has 0 heterocycles. The number of carbonyl (C=O) groups excluding carboxylic acids is 1. The van der Waals surface area contributed by atoms with Gasteiger partial charge in [-0.15, -0.1) is 0 Å². The minimum Gasteiger partial charge on any atom is -0.497 e. The van der Waals surface area contributed by atoms with E-state index in [2.05, 4.69) is 0 Å². The SMILES string of the molecule is COc1ccc(C(=O)COc2ccc(C)cc2N)c(C)c1. The van der Waals surface area contributed by atoms with Gasteiger partial charge in [-0.25, -0.2) is 0 Å². The predicted octanol–water partition coefficient (Wildman–Crippen LogP) is 3.16. The van der Waals surface area contributed by atoms with Crippen LogP contribution in [0.15, 0.2) is 36.4 Å². The first kappa shape index (κ1) is 14.9. The van der Waals surface area contributed by atoms with Crippen LogP contribution in [0, 0.1) is 13.8 Å². The second kappa shape index (κ2) is 6.31. The average Bonchev–Trinajstić information content (AvgIpc) is 2.45. The molecule has 0 bridgehead atoms. The third kappa shape index (κ3) is 3.54. The van der Waals surface area contributed by atoms with Gasteiger partial charge >= 0.3 is 0 Å². The molecule has 0 fully saturated rings. The number of carbonyl (C=O) groups is 1. The highest BCUT2D eigenvalue weighted by Crippen LogP contribution is 2.23. The molecule has 4 nitrogen and oxygen atoms in total. The average molecular weight is 285 g/mol. The standard InChI is InChI=1S/C17H19NO3/c1-11-4-7-17(15(18)8-11)21-10-16(19)14-6-5-13(20-3)9-12(14)2/h4-9H,10,18H2,1-3H3. The van der Waals surface area contributed by atoms with Gasteiger partial charge in [-0.1, -0.05) is 6.07 Å². The summed E-state index contributed by atoms with van der Waals surface area (Å²) in [7, 11) is 1.60. The van der Waals surface area contributed by atoms with Crippen LogP contribution in [0.1, 0.15) is 21.5 Å². The van der Waals surface area contributed by atoms with E-state index in [4.69, 9.17) is 15.2 Å². The van der Waals surface area contributed by atoms with Gasteiger partial charge < -0.3 is 15.2 Å². The third-order valence-corrected chi connectivity index (χ3v) is 3.26. The molecule has 4 heteroatoms. The van der Waals surface area contributed by atoms with E-state index < -0.39 is 0 Å². The Labute approximate surface area is 124 Å². The smallest absolute Gasteiger partial charge is 0.200 e. The monoisotopic (exact) mass is 285 g/mol. The van der Waals surface area contributed by atoms with E-state index >= 15 is 0 Å². The molecule has 2 N–H and O–H groups in total. The summed E-state index contributed by atoms with van der Waals surface area (Å²) in [6.45, 7) is 3.78. The Kier molecular flexibility index (Phi) is 4.48. The molecular formula is C17H19NO3. The number of ether oxygens (including phenoxy) is 2. The molecule has 0 aliphatic rings. The van der Waals surface area contributed by atoms with Crippen LogP contribution < -0.4 is 15.2 Å². The van der Waals surface area contributed by atoms with Crippen molar-refractivity contribution < 1.29 is 14.3 Å². The quantitative estimate of drug-likeness (QED) is 0.677. The Morgan fingerprint density at radius 3 is 2.52 bits per heavy atom. The Morgan fingerprint density at radius 1 is 1.14 bits per heavy atom. The summed E-state index contributed by atoms with van der Waals surface area (Å²) in [6, 6.07) is 10.8. The minimum absolute atomic E-state index is 0.0412. The van der Waals surface area contributed by atoms with Crippen molar-refractivity contribution in [1.29, 1.82) is 0 Å². The van der Waals surface area contributed by atoms with Crippen LogP contribution in [0.2, 0.25) is 0 Å². The Bertz CT molecular complexity index is 665. The number of rotatable bonds is 5. The zero-order chi connectivity index (χ0) is 15.4. The molecule has 2 aromatic carbocycles. The minimum atomic E-state index is -0.0878. The summed E-state index contributed by atoms with van der Waals surface area (Å²) < 4.78 is 10.6. The van der Waals surface area contributed by atoms with Crippen molar-refractivity contribution >= 4 is 11.5 Å². The summed E-state index contributed by atoms with van der Waals surface area (Å²) >= 11 is 0. The van der Waals surface area contributed by atoms with E-state index in [1.807, 2.05) is 32.0 Å². The van der Waals surface area contributed by atoms with Crippen molar-refractivity contribution in [3.63, 3.8) is 0 Å². The number of hydrogen-bond donors (Lipinski definition) is 1. The van der Waals surface area contributed by atoms with Crippen molar-refractivity contribution in [2.24, 2.45) is 0 Å². The van der Waals surface area contributed by atoms with Crippen molar-refractivity contribution in [1.82, 2.24) is 0 Å². The summed E-state index contributed by atoms with van der Waals surface area (Å²) in [5.74, 6) is 1.17. The molecule has 2 aromatic rings. The largest absolute Gasteiger partial charge is 0.497 e. The lowest BCUT2D eigenvalue weighted by molar-refractivity contribution is 0.0921. The lowest BCUT2D eigenvalue weighted by Gasteiger charge is -2.10. The zero-order valence-corrected chi connectivity index (χ0v) is 12.5. The fourth-order valence-electron chi connectivity index (χ4n) is 2.10. The van der Waals surface area contributed by atoms with Gasteiger partial charge in [-0.2, -0.15) is 0 Å². The van der Waals surface area contributed by atoms with Crippen molar-refractivity contribution in [2.75, 3.05) is 19.5 Å². The summed E-state index contributed by atoms with van der Waals surface area (Å²) in [5, 5.41) is 0. The van der Waals surface area contributed by atoms with E-state index in [0.717, 1.165) is 16.9 Å². The fourth-order valence-corrected chi connectivity index (χ4v) is 2.10. The van der Waals surface area contributed by atoms with Gasteiger partial charge in [0.2, 0.25) is 0 Å². The topological polar surface area (TPSA) is 61.5 Å². The first-order chi connectivity index (χ1) is 10.0. The van der Waals surface area contributed by atoms with E-state index in [1.54, 1.807) is 25.3 Å². The molecule has 0 amide bonds. The lowest BCUT2D eigenvalue weighted by Crippen LogP contribution is -2.13. The number of nitrogen functional groups attached to an aromatic ring is 1. The van der Waals surface area contributed by atoms with Crippen LogP contribution in [0.4, 0.5) is 5.69 Å². The van der Waals surface area contributed by atoms with E-state index in [9.17, 15) is 4.79 Å². The maximum Gasteiger partial charge on any atom is 0.200 e. The first-order valence-corrected chi connectivity index (χ1v) is 6.68. The summed E-state index contributed by atoms with van der Waals surface area (Å²) in [5.41, 5.74) is 8.94. The van der Waals surface area contributed by atoms with Gasteiger partial charge in [0, 0.05) is 5.56 Å². The maximum absolute atomic E-state index is 12.2. The summed E-state index contributed by atoms with van der Waals surface area (Å²) in [6.07, 6.45) is 0. The molecule has 0 unspecified atom stereocenters. The van der Waals surface area contributed by atoms with Crippen molar-refractivity contribution in [3.8, 4) is 11.5 Å². The van der Waals surface area contributed by atoms with Gasteiger partial charge in [0.1, 0.15) is 11.5 Å². The van der Waals surface area contributed by atoms with Crippen molar-refractivity contribution in [2.45, 2.75) is 13.8 Å². The highest BCUT2D eigenvalue weighted by Gasteiger charge is 2.11. The number of Topliss-reactive ketones (excluding diaryl/α,β-unsaturated/α-hetero) is 1. The molecule has 0 radical (unpaired) electrons. The number of aryl methyl sites for hydroxylation is 2. The van der Waals surface area contributed by atoms with Crippen LogP contribution in [0.3, 0.4) is 0 Å². The Balaban J connectivity index is 2.08. The van der Waals surface area contributed by atoms with E-state index in [-0.39, 0.29) is 12.4 Å². The highest BCUT2D eigenvalue weighted by molar-refractivity contribution is 5.98. The number of nitrogens with two attached hydrogens (primary N) is 1. The molecule has 21 heavy (non-hydrogen) atoms. The van der Waals surface area contributed by atoms with E-state index in [1.165, 1.54) is 0 Å². The molecule has 0 aliphatic heterocycles. The second-order valence-corrected chi connectivity index (χ2v) is 4.93. The molecule has 2 rings (SSSR count). The number of anilines is 1. The Morgan fingerprint density at radius 2 is 1.90 bits per heavy atom. The number of methoxy groups -OCH3 is 1.